The Labute approximate surface area is 193 Å². The number of rotatable bonds is 20. The first-order valence-electron chi connectivity index (χ1n) is 11.8. The Morgan fingerprint density at radius 3 is 1.81 bits per heavy atom. The third-order valence-corrected chi connectivity index (χ3v) is 4.96. The molecule has 8 nitrogen and oxygen atoms in total. The van der Waals surface area contributed by atoms with E-state index >= 15 is 0 Å². The Kier molecular flexibility index (Phi) is 17.7. The minimum Gasteiger partial charge on any atom is -0.463 e. The minimum atomic E-state index is -0.309. The highest BCUT2D eigenvalue weighted by atomic mass is 16.6. The highest BCUT2D eigenvalue weighted by molar-refractivity contribution is 5.85. The van der Waals surface area contributed by atoms with Crippen molar-refractivity contribution in [2.45, 2.75) is 91.5 Å². The van der Waals surface area contributed by atoms with Crippen LogP contribution in [0.2, 0.25) is 0 Å². The summed E-state index contributed by atoms with van der Waals surface area (Å²) in [7, 11) is 0. The van der Waals surface area contributed by atoms with Crippen LogP contribution in [-0.4, -0.2) is 68.5 Å². The molecule has 0 aliphatic rings. The molecule has 0 amide bonds. The molecular weight excluding hydrogens is 412 g/mol. The van der Waals surface area contributed by atoms with Gasteiger partial charge in [-0.15, -0.1) is 0 Å². The first kappa shape index (κ1) is 30.2. The normalized spacial score (nSPS) is 13.5. The van der Waals surface area contributed by atoms with Crippen molar-refractivity contribution in [1.29, 1.82) is 5.41 Å². The molecule has 0 spiro atoms. The molecule has 0 aromatic heterocycles. The second-order valence-corrected chi connectivity index (χ2v) is 8.25. The van der Waals surface area contributed by atoms with Gasteiger partial charge in [-0.25, -0.2) is 0 Å². The molecule has 1 unspecified atom stereocenters. The summed E-state index contributed by atoms with van der Waals surface area (Å²) in [6.45, 7) is 12.3. The van der Waals surface area contributed by atoms with E-state index in [1.807, 2.05) is 6.92 Å². The van der Waals surface area contributed by atoms with Crippen molar-refractivity contribution >= 4 is 23.4 Å². The van der Waals surface area contributed by atoms with Crippen molar-refractivity contribution in [2.75, 3.05) is 39.6 Å². The third-order valence-electron chi connectivity index (χ3n) is 4.96. The molecule has 0 heterocycles. The summed E-state index contributed by atoms with van der Waals surface area (Å²) < 4.78 is 21.0. The maximum atomic E-state index is 11.9. The van der Waals surface area contributed by atoms with Crippen LogP contribution in [0.5, 0.6) is 0 Å². The van der Waals surface area contributed by atoms with E-state index in [4.69, 9.17) is 29.3 Å². The van der Waals surface area contributed by atoms with E-state index in [1.54, 1.807) is 6.92 Å². The topological polar surface area (TPSA) is 107 Å². The highest BCUT2D eigenvalue weighted by Crippen LogP contribution is 2.22. The molecule has 0 fully saturated rings. The Bertz CT molecular complexity index is 579. The number of hydrogen-bond acceptors (Lipinski definition) is 8. The molecule has 0 aromatic carbocycles. The zero-order chi connectivity index (χ0) is 24.2. The molecule has 0 aromatic rings. The average molecular weight is 457 g/mol. The number of esters is 2. The van der Waals surface area contributed by atoms with Gasteiger partial charge in [0.25, 0.3) is 0 Å². The molecule has 0 bridgehead atoms. The molecule has 0 saturated carbocycles. The van der Waals surface area contributed by atoms with Crippen molar-refractivity contribution in [3.63, 3.8) is 0 Å². The summed E-state index contributed by atoms with van der Waals surface area (Å²) in [5, 5.41) is 7.26. The summed E-state index contributed by atoms with van der Waals surface area (Å²) in [5.41, 5.74) is 1.42. The fourth-order valence-corrected chi connectivity index (χ4v) is 2.98. The molecule has 1 atom stereocenters. The smallest absolute Gasteiger partial charge is 0.306 e. The number of hydrogen-bond donors (Lipinski definition) is 1. The fraction of sp³-hybridized carbons (Fsp3) is 0.833. The standard InChI is InChI=1S/C24H44N2O6/c1-6-13-24(5,7-2)26-21(4)10-12-23(28)32-19-17-30-15-8-14-29-16-18-31-22(27)11-9-20(3)25/h25H,6-19H2,1-5H3. The highest BCUT2D eigenvalue weighted by Gasteiger charge is 2.19. The number of nitrogens with one attached hydrogen (secondary N) is 1. The Morgan fingerprint density at radius 1 is 0.812 bits per heavy atom. The Morgan fingerprint density at radius 2 is 1.34 bits per heavy atom. The summed E-state index contributed by atoms with van der Waals surface area (Å²) in [4.78, 5) is 28.0. The van der Waals surface area contributed by atoms with Crippen LogP contribution in [0.25, 0.3) is 0 Å². The van der Waals surface area contributed by atoms with E-state index in [2.05, 4.69) is 20.8 Å². The second-order valence-electron chi connectivity index (χ2n) is 8.25. The quantitative estimate of drug-likeness (QED) is 0.164. The number of ether oxygens (including phenoxy) is 4. The van der Waals surface area contributed by atoms with Crippen LogP contribution in [-0.2, 0) is 28.5 Å². The van der Waals surface area contributed by atoms with Gasteiger partial charge in [0.2, 0.25) is 0 Å². The maximum absolute atomic E-state index is 11.9. The van der Waals surface area contributed by atoms with E-state index < -0.39 is 0 Å². The van der Waals surface area contributed by atoms with E-state index in [0.717, 1.165) is 25.0 Å². The Hall–Kier alpha value is -1.80. The average Bonchev–Trinajstić information content (AvgIpc) is 2.74. The predicted octanol–water partition coefficient (Wildman–Crippen LogP) is 4.53. The third kappa shape index (κ3) is 17.8. The van der Waals surface area contributed by atoms with Crippen LogP contribution < -0.4 is 0 Å². The Balaban J connectivity index is 3.62. The summed E-state index contributed by atoms with van der Waals surface area (Å²) in [5.74, 6) is -0.540. The van der Waals surface area contributed by atoms with Gasteiger partial charge >= 0.3 is 11.9 Å². The molecule has 0 aliphatic heterocycles. The second kappa shape index (κ2) is 18.7. The van der Waals surface area contributed by atoms with Gasteiger partial charge in [0.05, 0.1) is 31.6 Å². The van der Waals surface area contributed by atoms with Gasteiger partial charge < -0.3 is 24.4 Å². The number of nitrogens with zero attached hydrogens (tertiary/aromatic N) is 1. The number of aliphatic imine (C=N–C) groups is 1. The molecule has 0 aliphatic carbocycles. The van der Waals surface area contributed by atoms with E-state index in [-0.39, 0.29) is 37.1 Å². The molecule has 186 valence electrons. The SMILES string of the molecule is CCCC(C)(CC)N=C(C)CCC(=O)OCCOCCCOCCOC(=O)CCC(C)=N. The molecule has 0 radical (unpaired) electrons. The number of carbonyl (C=O) groups excluding carboxylic acids is 2. The summed E-state index contributed by atoms with van der Waals surface area (Å²) in [6.07, 6.45) is 5.46. The van der Waals surface area contributed by atoms with E-state index in [9.17, 15) is 9.59 Å². The van der Waals surface area contributed by atoms with Crippen LogP contribution >= 0.6 is 0 Å². The first-order valence-corrected chi connectivity index (χ1v) is 11.8. The van der Waals surface area contributed by atoms with Gasteiger partial charge in [0.15, 0.2) is 0 Å². The van der Waals surface area contributed by atoms with E-state index in [1.165, 1.54) is 0 Å². The fourth-order valence-electron chi connectivity index (χ4n) is 2.98. The number of carbonyl (C=O) groups is 2. The molecule has 0 saturated heterocycles. The lowest BCUT2D eigenvalue weighted by Crippen LogP contribution is -2.22. The molecule has 0 rings (SSSR count). The zero-order valence-corrected chi connectivity index (χ0v) is 20.8. The molecule has 32 heavy (non-hydrogen) atoms. The van der Waals surface area contributed by atoms with Crippen molar-refractivity contribution in [2.24, 2.45) is 4.99 Å². The predicted molar refractivity (Wildman–Crippen MR) is 127 cm³/mol. The summed E-state index contributed by atoms with van der Waals surface area (Å²) in [6, 6.07) is 0. The van der Waals surface area contributed by atoms with Crippen molar-refractivity contribution in [3.05, 3.63) is 0 Å². The van der Waals surface area contributed by atoms with Crippen LogP contribution in [0, 0.1) is 5.41 Å². The zero-order valence-electron chi connectivity index (χ0n) is 20.8. The van der Waals surface area contributed by atoms with E-state index in [0.29, 0.717) is 57.8 Å². The van der Waals surface area contributed by atoms with Gasteiger partial charge in [0, 0.05) is 24.6 Å². The van der Waals surface area contributed by atoms with Crippen molar-refractivity contribution in [1.82, 2.24) is 0 Å². The van der Waals surface area contributed by atoms with Crippen LogP contribution in [0.4, 0.5) is 0 Å². The van der Waals surface area contributed by atoms with Crippen LogP contribution in [0.3, 0.4) is 0 Å². The van der Waals surface area contributed by atoms with Gasteiger partial charge in [-0.05, 0) is 52.9 Å². The monoisotopic (exact) mass is 456 g/mol. The van der Waals surface area contributed by atoms with Gasteiger partial charge in [0.1, 0.15) is 13.2 Å². The minimum absolute atomic E-state index is 0.0365. The van der Waals surface area contributed by atoms with Crippen molar-refractivity contribution in [3.8, 4) is 0 Å². The largest absolute Gasteiger partial charge is 0.463 e. The van der Waals surface area contributed by atoms with Crippen LogP contribution in [0.15, 0.2) is 4.99 Å². The maximum Gasteiger partial charge on any atom is 0.306 e. The lowest BCUT2D eigenvalue weighted by Gasteiger charge is -2.24. The molecule has 1 N–H and O–H groups in total. The van der Waals surface area contributed by atoms with Gasteiger partial charge in [-0.1, -0.05) is 20.3 Å². The lowest BCUT2D eigenvalue weighted by molar-refractivity contribution is -0.145. The van der Waals surface area contributed by atoms with Crippen molar-refractivity contribution < 1.29 is 28.5 Å². The summed E-state index contributed by atoms with van der Waals surface area (Å²) >= 11 is 0. The van der Waals surface area contributed by atoms with Crippen LogP contribution in [0.1, 0.15) is 86.0 Å². The molecule has 8 heteroatoms. The first-order chi connectivity index (χ1) is 15.2. The lowest BCUT2D eigenvalue weighted by atomic mass is 9.93. The van der Waals surface area contributed by atoms with Gasteiger partial charge in [-0.2, -0.15) is 0 Å². The van der Waals surface area contributed by atoms with Gasteiger partial charge in [-0.3, -0.25) is 14.6 Å². The molecular formula is C24H44N2O6.